The van der Waals surface area contributed by atoms with Crippen molar-refractivity contribution in [2.75, 3.05) is 7.05 Å². The van der Waals surface area contributed by atoms with Gasteiger partial charge in [0.2, 0.25) is 0 Å². The van der Waals surface area contributed by atoms with E-state index < -0.39 is 0 Å². The molecule has 6 heteroatoms. The molecule has 0 bridgehead atoms. The molecule has 1 fully saturated rings. The minimum absolute atomic E-state index is 0.145. The molecule has 0 amide bonds. The van der Waals surface area contributed by atoms with Crippen molar-refractivity contribution in [3.05, 3.63) is 10.5 Å². The maximum Gasteiger partial charge on any atom is 0.343 e. The lowest BCUT2D eigenvalue weighted by Crippen LogP contribution is -2.43. The molecule has 0 saturated heterocycles. The molecule has 2 rings (SSSR count). The van der Waals surface area contributed by atoms with Crippen molar-refractivity contribution in [3.8, 4) is 0 Å². The normalized spacial score (nSPS) is 27.3. The lowest BCUT2D eigenvalue weighted by atomic mass is 9.75. The van der Waals surface area contributed by atoms with E-state index in [-0.39, 0.29) is 5.69 Å². The Balaban J connectivity index is 2.14. The van der Waals surface area contributed by atoms with Gasteiger partial charge < -0.3 is 5.32 Å². The fraction of sp³-hybridized carbons (Fsp3) is 0.833. The fourth-order valence-corrected chi connectivity index (χ4v) is 4.13. The molecule has 1 saturated carbocycles. The van der Waals surface area contributed by atoms with Crippen molar-refractivity contribution in [1.82, 2.24) is 20.1 Å². The average molecular weight is 270 g/mol. The van der Waals surface area contributed by atoms with Gasteiger partial charge in [0, 0.05) is 18.3 Å². The summed E-state index contributed by atoms with van der Waals surface area (Å²) in [4.78, 5) is 11.4. The quantitative estimate of drug-likeness (QED) is 0.871. The molecule has 1 aromatic heterocycles. The first-order valence-electron chi connectivity index (χ1n) is 6.38. The van der Waals surface area contributed by atoms with Gasteiger partial charge in [0.15, 0.2) is 5.16 Å². The topological polar surface area (TPSA) is 62.7 Å². The predicted molar refractivity (Wildman–Crippen MR) is 74.0 cm³/mol. The smallest absolute Gasteiger partial charge is 0.316 e. The molecule has 1 aliphatic rings. The highest BCUT2D eigenvalue weighted by Gasteiger charge is 2.35. The molecular weight excluding hydrogens is 248 g/mol. The van der Waals surface area contributed by atoms with Gasteiger partial charge in [-0.3, -0.25) is 4.57 Å². The van der Waals surface area contributed by atoms with Gasteiger partial charge in [0.05, 0.1) is 0 Å². The molecule has 0 aromatic carbocycles. The second-order valence-corrected chi connectivity index (χ2v) is 7.04. The summed E-state index contributed by atoms with van der Waals surface area (Å²) in [5, 5.41) is 11.2. The van der Waals surface area contributed by atoms with Gasteiger partial charge in [-0.05, 0) is 31.7 Å². The van der Waals surface area contributed by atoms with Crippen LogP contribution in [0.5, 0.6) is 0 Å². The van der Waals surface area contributed by atoms with Gasteiger partial charge in [0.1, 0.15) is 0 Å². The first kappa shape index (κ1) is 13.7. The van der Waals surface area contributed by atoms with Crippen LogP contribution < -0.4 is 11.0 Å². The summed E-state index contributed by atoms with van der Waals surface area (Å²) in [6, 6.07) is 0.495. The van der Waals surface area contributed by atoms with E-state index >= 15 is 0 Å². The third-order valence-electron chi connectivity index (χ3n) is 3.80. The molecular formula is C12H22N4OS. The van der Waals surface area contributed by atoms with E-state index in [4.69, 9.17) is 0 Å². The Kier molecular flexibility index (Phi) is 3.87. The zero-order chi connectivity index (χ0) is 13.3. The van der Waals surface area contributed by atoms with Gasteiger partial charge in [-0.15, -0.1) is 5.10 Å². The number of rotatable bonds is 3. The second kappa shape index (κ2) is 5.09. The zero-order valence-corrected chi connectivity index (χ0v) is 12.3. The van der Waals surface area contributed by atoms with Crippen LogP contribution in [0.2, 0.25) is 0 Å². The Morgan fingerprint density at radius 2 is 2.28 bits per heavy atom. The highest BCUT2D eigenvalue weighted by atomic mass is 32.2. The molecule has 0 spiro atoms. The predicted octanol–water partition coefficient (Wildman–Crippen LogP) is 1.37. The van der Waals surface area contributed by atoms with E-state index in [2.05, 4.69) is 29.4 Å². The molecule has 1 aliphatic carbocycles. The summed E-state index contributed by atoms with van der Waals surface area (Å²) in [7, 11) is 3.77. The molecule has 0 aliphatic heterocycles. The molecule has 1 heterocycles. The van der Waals surface area contributed by atoms with Crippen LogP contribution in [0.4, 0.5) is 0 Å². The van der Waals surface area contributed by atoms with Crippen LogP contribution in [0.1, 0.15) is 33.1 Å². The lowest BCUT2D eigenvalue weighted by molar-refractivity contribution is 0.218. The van der Waals surface area contributed by atoms with Crippen molar-refractivity contribution < 1.29 is 0 Å². The Morgan fingerprint density at radius 3 is 2.83 bits per heavy atom. The third kappa shape index (κ3) is 2.80. The van der Waals surface area contributed by atoms with Crippen LogP contribution in [0.3, 0.4) is 0 Å². The monoisotopic (exact) mass is 270 g/mol. The average Bonchev–Trinajstić information content (AvgIpc) is 2.60. The van der Waals surface area contributed by atoms with E-state index in [0.717, 1.165) is 11.6 Å². The van der Waals surface area contributed by atoms with Crippen LogP contribution >= 0.6 is 11.8 Å². The van der Waals surface area contributed by atoms with Gasteiger partial charge in [0.25, 0.3) is 0 Å². The molecule has 0 radical (unpaired) electrons. The summed E-state index contributed by atoms with van der Waals surface area (Å²) >= 11 is 1.71. The number of nitrogens with zero attached hydrogens (tertiary/aromatic N) is 2. The van der Waals surface area contributed by atoms with Crippen molar-refractivity contribution in [2.45, 2.75) is 49.6 Å². The highest BCUT2D eigenvalue weighted by molar-refractivity contribution is 7.99. The van der Waals surface area contributed by atoms with Crippen molar-refractivity contribution in [1.29, 1.82) is 0 Å². The minimum atomic E-state index is -0.145. The minimum Gasteiger partial charge on any atom is -0.316 e. The molecule has 2 unspecified atom stereocenters. The first-order chi connectivity index (χ1) is 8.43. The Labute approximate surface area is 112 Å². The van der Waals surface area contributed by atoms with Gasteiger partial charge in [-0.1, -0.05) is 25.6 Å². The number of hydrogen-bond donors (Lipinski definition) is 2. The molecule has 1 aromatic rings. The molecule has 2 atom stereocenters. The van der Waals surface area contributed by atoms with E-state index in [1.165, 1.54) is 12.8 Å². The molecule has 18 heavy (non-hydrogen) atoms. The maximum atomic E-state index is 11.4. The number of nitrogens with one attached hydrogen (secondary N) is 2. The summed E-state index contributed by atoms with van der Waals surface area (Å²) in [5.41, 5.74) is 0.230. The van der Waals surface area contributed by atoms with Gasteiger partial charge in [-0.25, -0.2) is 9.89 Å². The van der Waals surface area contributed by atoms with Crippen LogP contribution in [-0.4, -0.2) is 33.1 Å². The first-order valence-corrected chi connectivity index (χ1v) is 7.26. The van der Waals surface area contributed by atoms with Crippen LogP contribution in [0, 0.1) is 5.41 Å². The van der Waals surface area contributed by atoms with E-state index in [1.54, 1.807) is 23.4 Å². The van der Waals surface area contributed by atoms with Crippen LogP contribution in [-0.2, 0) is 7.05 Å². The zero-order valence-electron chi connectivity index (χ0n) is 11.5. The SMILES string of the molecule is CNC1CCC(C)(C)CC1Sc1n[nH]c(=O)n1C. The second-order valence-electron chi connectivity index (χ2n) is 5.83. The largest absolute Gasteiger partial charge is 0.343 e. The van der Waals surface area contributed by atoms with Gasteiger partial charge >= 0.3 is 5.69 Å². The number of H-pyrrole nitrogens is 1. The Hall–Kier alpha value is -0.750. The number of thioether (sulfide) groups is 1. The highest BCUT2D eigenvalue weighted by Crippen LogP contribution is 2.41. The van der Waals surface area contributed by atoms with E-state index in [9.17, 15) is 4.79 Å². The molecule has 5 nitrogen and oxygen atoms in total. The Morgan fingerprint density at radius 1 is 1.56 bits per heavy atom. The van der Waals surface area contributed by atoms with Crippen molar-refractivity contribution >= 4 is 11.8 Å². The fourth-order valence-electron chi connectivity index (χ4n) is 2.55. The summed E-state index contributed by atoms with van der Waals surface area (Å²) < 4.78 is 1.58. The van der Waals surface area contributed by atoms with Crippen molar-refractivity contribution in [3.63, 3.8) is 0 Å². The number of hydrogen-bond acceptors (Lipinski definition) is 4. The standard InChI is InChI=1S/C12H22N4OS/c1-12(2)6-5-8(13-3)9(7-12)18-11-15-14-10(17)16(11)4/h8-9,13H,5-7H2,1-4H3,(H,14,17). The molecule has 2 N–H and O–H groups in total. The van der Waals surface area contributed by atoms with Gasteiger partial charge in [-0.2, -0.15) is 0 Å². The lowest BCUT2D eigenvalue weighted by Gasteiger charge is -2.40. The van der Waals surface area contributed by atoms with Crippen LogP contribution in [0.15, 0.2) is 9.95 Å². The van der Waals surface area contributed by atoms with E-state index in [0.29, 0.717) is 16.7 Å². The van der Waals surface area contributed by atoms with E-state index in [1.807, 2.05) is 7.05 Å². The Bertz CT molecular complexity index is 465. The summed E-state index contributed by atoms with van der Waals surface area (Å²) in [5.74, 6) is 0. The summed E-state index contributed by atoms with van der Waals surface area (Å²) in [6.45, 7) is 4.63. The maximum absolute atomic E-state index is 11.4. The molecule has 102 valence electrons. The number of aromatic nitrogens is 3. The third-order valence-corrected chi connectivity index (χ3v) is 5.17. The number of aromatic amines is 1. The summed E-state index contributed by atoms with van der Waals surface area (Å²) in [6.07, 6.45) is 3.57. The van der Waals surface area contributed by atoms with Crippen molar-refractivity contribution in [2.24, 2.45) is 12.5 Å². The van der Waals surface area contributed by atoms with Crippen LogP contribution in [0.25, 0.3) is 0 Å².